The molecule has 3 rings (SSSR count). The molecule has 0 saturated heterocycles. The first-order valence-electron chi connectivity index (χ1n) is 7.48. The Morgan fingerprint density at radius 1 is 1.00 bits per heavy atom. The Bertz CT molecular complexity index is 704. The van der Waals surface area contributed by atoms with Crippen molar-refractivity contribution in [2.24, 2.45) is 0 Å². The van der Waals surface area contributed by atoms with Crippen LogP contribution in [0.4, 0.5) is 0 Å². The van der Waals surface area contributed by atoms with Crippen LogP contribution in [0.2, 0.25) is 0 Å². The minimum absolute atomic E-state index is 0.00694. The number of carbonyl (C=O) groups is 2. The van der Waals surface area contributed by atoms with Crippen LogP contribution in [0.25, 0.3) is 0 Å². The Labute approximate surface area is 129 Å². The Hall–Kier alpha value is -2.42. The smallest absolute Gasteiger partial charge is 0.314 e. The number of Topliss-reactive ketones (excluding diaryl/α,β-unsaturated/α-hetero) is 1. The Balaban J connectivity index is 2.08. The lowest BCUT2D eigenvalue weighted by Gasteiger charge is -2.20. The van der Waals surface area contributed by atoms with Crippen LogP contribution in [-0.4, -0.2) is 17.9 Å². The highest BCUT2D eigenvalue weighted by molar-refractivity contribution is 6.10. The Kier molecular flexibility index (Phi) is 3.80. The Morgan fingerprint density at radius 2 is 1.64 bits per heavy atom. The lowest BCUT2D eigenvalue weighted by Crippen LogP contribution is -2.24. The second-order valence-electron chi connectivity index (χ2n) is 5.80. The first-order valence-corrected chi connectivity index (χ1v) is 7.48. The molecule has 0 fully saturated rings. The summed E-state index contributed by atoms with van der Waals surface area (Å²) in [5.41, 5.74) is 2.25. The van der Waals surface area contributed by atoms with Crippen LogP contribution in [0.15, 0.2) is 54.6 Å². The molecular weight excluding hydrogens is 276 g/mol. The van der Waals surface area contributed by atoms with E-state index in [9.17, 15) is 9.59 Å². The third-order valence-corrected chi connectivity index (χ3v) is 3.94. The van der Waals surface area contributed by atoms with Crippen LogP contribution in [-0.2, 0) is 9.53 Å². The number of fused-ring (bicyclic) bond motifs is 1. The SMILES string of the molecule is CC(C)OC(=O)C1c2ccccc2C(=O)C1c1ccccc1. The number of esters is 1. The van der Waals surface area contributed by atoms with Gasteiger partial charge in [0.05, 0.1) is 17.9 Å². The van der Waals surface area contributed by atoms with Crippen molar-refractivity contribution in [2.45, 2.75) is 31.8 Å². The van der Waals surface area contributed by atoms with Gasteiger partial charge in [-0.25, -0.2) is 0 Å². The number of carbonyl (C=O) groups excluding carboxylic acids is 2. The van der Waals surface area contributed by atoms with Crippen molar-refractivity contribution in [3.8, 4) is 0 Å². The van der Waals surface area contributed by atoms with Gasteiger partial charge < -0.3 is 4.74 Å². The van der Waals surface area contributed by atoms with Gasteiger partial charge in [0.25, 0.3) is 0 Å². The number of ether oxygens (including phenoxy) is 1. The molecule has 3 nitrogen and oxygen atoms in total. The predicted octanol–water partition coefficient (Wildman–Crippen LogP) is 3.70. The van der Waals surface area contributed by atoms with Crippen molar-refractivity contribution in [2.75, 3.05) is 0 Å². The quantitative estimate of drug-likeness (QED) is 0.811. The molecule has 0 amide bonds. The molecule has 1 aliphatic carbocycles. The first-order chi connectivity index (χ1) is 10.6. The fourth-order valence-corrected chi connectivity index (χ4v) is 3.06. The largest absolute Gasteiger partial charge is 0.462 e. The minimum atomic E-state index is -0.562. The van der Waals surface area contributed by atoms with Crippen molar-refractivity contribution in [1.29, 1.82) is 0 Å². The summed E-state index contributed by atoms with van der Waals surface area (Å²) in [6.07, 6.45) is -0.202. The Morgan fingerprint density at radius 3 is 2.32 bits per heavy atom. The molecule has 0 N–H and O–H groups in total. The number of hydrogen-bond acceptors (Lipinski definition) is 3. The average Bonchev–Trinajstić information content (AvgIpc) is 2.81. The maximum atomic E-state index is 12.8. The predicted molar refractivity (Wildman–Crippen MR) is 83.9 cm³/mol. The zero-order valence-corrected chi connectivity index (χ0v) is 12.7. The summed E-state index contributed by atoms with van der Waals surface area (Å²) in [7, 11) is 0. The van der Waals surface area contributed by atoms with Gasteiger partial charge in [0, 0.05) is 5.56 Å². The third kappa shape index (κ3) is 2.43. The van der Waals surface area contributed by atoms with E-state index in [1.807, 2.05) is 62.4 Å². The van der Waals surface area contributed by atoms with Crippen LogP contribution in [0.1, 0.15) is 47.2 Å². The van der Waals surface area contributed by atoms with Crippen molar-refractivity contribution >= 4 is 11.8 Å². The normalized spacial score (nSPS) is 20.0. The molecule has 0 radical (unpaired) electrons. The highest BCUT2D eigenvalue weighted by atomic mass is 16.5. The monoisotopic (exact) mass is 294 g/mol. The molecule has 2 aromatic carbocycles. The molecule has 3 heteroatoms. The number of hydrogen-bond donors (Lipinski definition) is 0. The van der Waals surface area contributed by atoms with Crippen LogP contribution in [0.5, 0.6) is 0 Å². The zero-order valence-electron chi connectivity index (χ0n) is 12.7. The molecule has 1 aliphatic rings. The van der Waals surface area contributed by atoms with E-state index < -0.39 is 11.8 Å². The maximum Gasteiger partial charge on any atom is 0.314 e. The molecule has 2 atom stereocenters. The highest BCUT2D eigenvalue weighted by Gasteiger charge is 2.45. The molecule has 2 unspecified atom stereocenters. The van der Waals surface area contributed by atoms with Gasteiger partial charge in [0.1, 0.15) is 0 Å². The average molecular weight is 294 g/mol. The number of ketones is 1. The van der Waals surface area contributed by atoms with Gasteiger partial charge in [-0.1, -0.05) is 54.6 Å². The summed E-state index contributed by atoms with van der Waals surface area (Å²) in [5, 5.41) is 0. The summed E-state index contributed by atoms with van der Waals surface area (Å²) in [5.74, 6) is -1.40. The molecule has 22 heavy (non-hydrogen) atoms. The topological polar surface area (TPSA) is 43.4 Å². The maximum absolute atomic E-state index is 12.8. The summed E-state index contributed by atoms with van der Waals surface area (Å²) in [4.78, 5) is 25.4. The van der Waals surface area contributed by atoms with Crippen LogP contribution >= 0.6 is 0 Å². The minimum Gasteiger partial charge on any atom is -0.462 e. The van der Waals surface area contributed by atoms with E-state index in [-0.39, 0.29) is 17.9 Å². The second-order valence-corrected chi connectivity index (χ2v) is 5.80. The molecule has 0 spiro atoms. The van der Waals surface area contributed by atoms with Gasteiger partial charge in [-0.3, -0.25) is 9.59 Å². The van der Waals surface area contributed by atoms with Crippen molar-refractivity contribution in [1.82, 2.24) is 0 Å². The summed E-state index contributed by atoms with van der Waals surface area (Å²) >= 11 is 0. The van der Waals surface area contributed by atoms with Gasteiger partial charge in [0.2, 0.25) is 0 Å². The van der Waals surface area contributed by atoms with E-state index in [1.54, 1.807) is 6.07 Å². The molecule has 0 heterocycles. The number of rotatable bonds is 3. The van der Waals surface area contributed by atoms with Crippen LogP contribution < -0.4 is 0 Å². The van der Waals surface area contributed by atoms with Crippen LogP contribution in [0.3, 0.4) is 0 Å². The molecule has 0 bridgehead atoms. The van der Waals surface area contributed by atoms with E-state index >= 15 is 0 Å². The molecule has 0 aliphatic heterocycles. The second kappa shape index (κ2) is 5.76. The molecule has 0 aromatic heterocycles. The van der Waals surface area contributed by atoms with E-state index in [1.165, 1.54) is 0 Å². The highest BCUT2D eigenvalue weighted by Crippen LogP contribution is 2.44. The third-order valence-electron chi connectivity index (χ3n) is 3.94. The fourth-order valence-electron chi connectivity index (χ4n) is 3.06. The van der Waals surface area contributed by atoms with Gasteiger partial charge in [-0.05, 0) is 25.0 Å². The lowest BCUT2D eigenvalue weighted by atomic mass is 9.86. The zero-order chi connectivity index (χ0) is 15.7. The van der Waals surface area contributed by atoms with Crippen molar-refractivity contribution in [3.05, 3.63) is 71.3 Å². The fraction of sp³-hybridized carbons (Fsp3) is 0.263. The van der Waals surface area contributed by atoms with Crippen LogP contribution in [0, 0.1) is 0 Å². The van der Waals surface area contributed by atoms with E-state index in [0.717, 1.165) is 11.1 Å². The lowest BCUT2D eigenvalue weighted by molar-refractivity contribution is -0.149. The standard InChI is InChI=1S/C19H18O3/c1-12(2)22-19(21)17-14-10-6-7-11-15(14)18(20)16(17)13-8-4-3-5-9-13/h3-12,16-17H,1-2H3. The molecular formula is C19H18O3. The van der Waals surface area contributed by atoms with Crippen molar-refractivity contribution in [3.63, 3.8) is 0 Å². The first kappa shape index (κ1) is 14.5. The van der Waals surface area contributed by atoms with E-state index in [4.69, 9.17) is 4.74 Å². The molecule has 112 valence electrons. The van der Waals surface area contributed by atoms with Gasteiger partial charge >= 0.3 is 5.97 Å². The van der Waals surface area contributed by atoms with E-state index in [2.05, 4.69) is 0 Å². The number of benzene rings is 2. The molecule has 0 saturated carbocycles. The van der Waals surface area contributed by atoms with E-state index in [0.29, 0.717) is 5.56 Å². The summed E-state index contributed by atoms with van der Waals surface area (Å²) < 4.78 is 5.40. The van der Waals surface area contributed by atoms with Crippen molar-refractivity contribution < 1.29 is 14.3 Å². The van der Waals surface area contributed by atoms with Gasteiger partial charge in [-0.15, -0.1) is 0 Å². The van der Waals surface area contributed by atoms with Gasteiger partial charge in [0.15, 0.2) is 5.78 Å². The summed E-state index contributed by atoms with van der Waals surface area (Å²) in [6.45, 7) is 3.64. The molecule has 2 aromatic rings. The van der Waals surface area contributed by atoms with Gasteiger partial charge in [-0.2, -0.15) is 0 Å². The summed E-state index contributed by atoms with van der Waals surface area (Å²) in [6, 6.07) is 16.8.